The first kappa shape index (κ1) is 18.9. The molecule has 0 radical (unpaired) electrons. The highest BCUT2D eigenvalue weighted by Crippen LogP contribution is 2.32. The molecule has 0 atom stereocenters. The van der Waals surface area contributed by atoms with Crippen molar-refractivity contribution < 1.29 is 0 Å². The lowest BCUT2D eigenvalue weighted by Crippen LogP contribution is -2.46. The summed E-state index contributed by atoms with van der Waals surface area (Å²) in [5, 5.41) is 1.31. The number of nitrogens with two attached hydrogens (primary N) is 1. The van der Waals surface area contributed by atoms with Crippen LogP contribution in [0.5, 0.6) is 0 Å². The third kappa shape index (κ3) is 5.82. The standard InChI is InChI=1S/C12H16Cl2N2.C6H13N/c1-2-15-6-8-16(9-7-15)11-5-3-4-10(13)12(11)14;7-6-4-2-1-3-5-6/h3-5H,2,6-9H2,1H3;6H,1-5,7H2. The molecule has 3 rings (SSSR count). The Bertz CT molecular complexity index is 467. The van der Waals surface area contributed by atoms with Gasteiger partial charge < -0.3 is 15.5 Å². The van der Waals surface area contributed by atoms with Crippen LogP contribution in [0.4, 0.5) is 5.69 Å². The highest BCUT2D eigenvalue weighted by molar-refractivity contribution is 6.43. The summed E-state index contributed by atoms with van der Waals surface area (Å²) in [5.41, 5.74) is 6.69. The summed E-state index contributed by atoms with van der Waals surface area (Å²) < 4.78 is 0. The Kier molecular flexibility index (Phi) is 7.97. The number of piperazine rings is 1. The maximum absolute atomic E-state index is 6.21. The van der Waals surface area contributed by atoms with Gasteiger partial charge in [-0.2, -0.15) is 0 Å². The third-order valence-corrected chi connectivity index (χ3v) is 5.55. The van der Waals surface area contributed by atoms with Crippen LogP contribution in [0.2, 0.25) is 10.0 Å². The van der Waals surface area contributed by atoms with Crippen LogP contribution in [0.15, 0.2) is 18.2 Å². The van der Waals surface area contributed by atoms with Gasteiger partial charge in [0.25, 0.3) is 0 Å². The normalized spacial score (nSPS) is 20.1. The smallest absolute Gasteiger partial charge is 0.0825 e. The molecule has 5 heteroatoms. The molecule has 23 heavy (non-hydrogen) atoms. The average Bonchev–Trinajstić information content (AvgIpc) is 2.59. The topological polar surface area (TPSA) is 32.5 Å². The minimum Gasteiger partial charge on any atom is -0.368 e. The predicted octanol–water partition coefficient (Wildman–Crippen LogP) is 4.41. The van der Waals surface area contributed by atoms with Crippen LogP contribution >= 0.6 is 23.2 Å². The van der Waals surface area contributed by atoms with Gasteiger partial charge in [-0.25, -0.2) is 0 Å². The molecule has 2 N–H and O–H groups in total. The fourth-order valence-electron chi connectivity index (χ4n) is 3.18. The monoisotopic (exact) mass is 357 g/mol. The van der Waals surface area contributed by atoms with Crippen molar-refractivity contribution in [2.24, 2.45) is 5.73 Å². The predicted molar refractivity (Wildman–Crippen MR) is 102 cm³/mol. The Morgan fingerprint density at radius 3 is 2.22 bits per heavy atom. The van der Waals surface area contributed by atoms with E-state index in [1.165, 1.54) is 32.1 Å². The molecular formula is C18H29Cl2N3. The summed E-state index contributed by atoms with van der Waals surface area (Å²) in [7, 11) is 0. The number of anilines is 1. The Balaban J connectivity index is 0.000000229. The molecule has 0 amide bonds. The highest BCUT2D eigenvalue weighted by Gasteiger charge is 2.18. The molecule has 1 aromatic carbocycles. The van der Waals surface area contributed by atoms with Crippen molar-refractivity contribution in [1.82, 2.24) is 4.90 Å². The molecule has 0 unspecified atom stereocenters. The zero-order chi connectivity index (χ0) is 16.7. The number of halogens is 2. The molecule has 1 aliphatic heterocycles. The Morgan fingerprint density at radius 2 is 1.70 bits per heavy atom. The lowest BCUT2D eigenvalue weighted by Gasteiger charge is -2.36. The Labute approximate surface area is 150 Å². The quantitative estimate of drug-likeness (QED) is 0.850. The molecule has 1 aromatic rings. The van der Waals surface area contributed by atoms with Crippen molar-refractivity contribution >= 4 is 28.9 Å². The van der Waals surface area contributed by atoms with Gasteiger partial charge in [-0.3, -0.25) is 0 Å². The zero-order valence-electron chi connectivity index (χ0n) is 14.1. The van der Waals surface area contributed by atoms with Crippen LogP contribution in [0.25, 0.3) is 0 Å². The number of benzene rings is 1. The molecule has 0 aromatic heterocycles. The van der Waals surface area contributed by atoms with Crippen LogP contribution in [0.3, 0.4) is 0 Å². The molecule has 0 bridgehead atoms. The van der Waals surface area contributed by atoms with Crippen molar-refractivity contribution in [2.45, 2.75) is 45.1 Å². The van der Waals surface area contributed by atoms with E-state index in [4.69, 9.17) is 28.9 Å². The summed E-state index contributed by atoms with van der Waals surface area (Å²) in [6, 6.07) is 6.36. The van der Waals surface area contributed by atoms with Crippen molar-refractivity contribution in [3.05, 3.63) is 28.2 Å². The fourth-order valence-corrected chi connectivity index (χ4v) is 3.59. The Hall–Kier alpha value is -0.480. The van der Waals surface area contributed by atoms with Gasteiger partial charge in [0.05, 0.1) is 15.7 Å². The number of hydrogen-bond acceptors (Lipinski definition) is 3. The molecule has 3 nitrogen and oxygen atoms in total. The van der Waals surface area contributed by atoms with Gasteiger partial charge >= 0.3 is 0 Å². The van der Waals surface area contributed by atoms with E-state index in [-0.39, 0.29) is 0 Å². The molecule has 130 valence electrons. The number of rotatable bonds is 2. The second-order valence-electron chi connectivity index (χ2n) is 6.39. The van der Waals surface area contributed by atoms with E-state index in [1.807, 2.05) is 18.2 Å². The number of nitrogens with zero attached hydrogens (tertiary/aromatic N) is 2. The fraction of sp³-hybridized carbons (Fsp3) is 0.667. The van der Waals surface area contributed by atoms with Crippen molar-refractivity contribution in [3.63, 3.8) is 0 Å². The van der Waals surface area contributed by atoms with Gasteiger partial charge in [0.15, 0.2) is 0 Å². The van der Waals surface area contributed by atoms with Crippen LogP contribution in [0.1, 0.15) is 39.0 Å². The number of hydrogen-bond donors (Lipinski definition) is 1. The second kappa shape index (κ2) is 9.73. The first-order chi connectivity index (χ1) is 11.1. The molecule has 2 fully saturated rings. The van der Waals surface area contributed by atoms with Gasteiger partial charge in [-0.1, -0.05) is 55.5 Å². The van der Waals surface area contributed by atoms with E-state index in [0.29, 0.717) is 16.1 Å². The lowest BCUT2D eigenvalue weighted by atomic mass is 9.97. The molecule has 1 aliphatic carbocycles. The third-order valence-electron chi connectivity index (χ3n) is 4.74. The summed E-state index contributed by atoms with van der Waals surface area (Å²) in [5.74, 6) is 0. The molecule has 1 heterocycles. The number of likely N-dealkylation sites (N-methyl/N-ethyl adjacent to an activating group) is 1. The van der Waals surface area contributed by atoms with Crippen molar-refractivity contribution in [3.8, 4) is 0 Å². The first-order valence-corrected chi connectivity index (χ1v) is 9.54. The maximum atomic E-state index is 6.21. The highest BCUT2D eigenvalue weighted by atomic mass is 35.5. The molecular weight excluding hydrogens is 329 g/mol. The van der Waals surface area contributed by atoms with E-state index in [2.05, 4.69) is 16.7 Å². The van der Waals surface area contributed by atoms with Gasteiger partial charge in [0.2, 0.25) is 0 Å². The molecule has 0 spiro atoms. The minimum absolute atomic E-state index is 0.536. The zero-order valence-corrected chi connectivity index (χ0v) is 15.6. The summed E-state index contributed by atoms with van der Waals surface area (Å²) in [6.07, 6.45) is 6.66. The van der Waals surface area contributed by atoms with Crippen molar-refractivity contribution in [1.29, 1.82) is 0 Å². The molecule has 1 saturated carbocycles. The first-order valence-electron chi connectivity index (χ1n) is 8.78. The Morgan fingerprint density at radius 1 is 1.04 bits per heavy atom. The average molecular weight is 358 g/mol. The second-order valence-corrected chi connectivity index (χ2v) is 7.18. The van der Waals surface area contributed by atoms with Gasteiger partial charge in [-0.05, 0) is 31.5 Å². The van der Waals surface area contributed by atoms with Crippen LogP contribution < -0.4 is 10.6 Å². The van der Waals surface area contributed by atoms with Crippen molar-refractivity contribution in [2.75, 3.05) is 37.6 Å². The minimum atomic E-state index is 0.536. The van der Waals surface area contributed by atoms with E-state index in [0.717, 1.165) is 38.4 Å². The van der Waals surface area contributed by atoms with Gasteiger partial charge in [0, 0.05) is 32.2 Å². The van der Waals surface area contributed by atoms with Crippen LogP contribution in [0, 0.1) is 0 Å². The summed E-state index contributed by atoms with van der Waals surface area (Å²) in [4.78, 5) is 4.75. The van der Waals surface area contributed by atoms with Gasteiger partial charge in [-0.15, -0.1) is 0 Å². The lowest BCUT2D eigenvalue weighted by molar-refractivity contribution is 0.271. The van der Waals surface area contributed by atoms with E-state index >= 15 is 0 Å². The van der Waals surface area contributed by atoms with E-state index in [9.17, 15) is 0 Å². The van der Waals surface area contributed by atoms with Crippen LogP contribution in [-0.4, -0.2) is 43.7 Å². The van der Waals surface area contributed by atoms with E-state index < -0.39 is 0 Å². The SMILES string of the molecule is CCN1CCN(c2cccc(Cl)c2Cl)CC1.NC1CCCCC1. The molecule has 1 saturated heterocycles. The van der Waals surface area contributed by atoms with Crippen LogP contribution in [-0.2, 0) is 0 Å². The largest absolute Gasteiger partial charge is 0.368 e. The molecule has 2 aliphatic rings. The maximum Gasteiger partial charge on any atom is 0.0825 e. The summed E-state index contributed by atoms with van der Waals surface area (Å²) >= 11 is 12.2. The van der Waals surface area contributed by atoms with E-state index in [1.54, 1.807) is 0 Å². The summed E-state index contributed by atoms with van der Waals surface area (Å²) in [6.45, 7) is 7.56. The van der Waals surface area contributed by atoms with Gasteiger partial charge in [0.1, 0.15) is 0 Å².